The molecule has 1 aromatic rings. The van der Waals surface area contributed by atoms with Crippen molar-refractivity contribution < 1.29 is 39.7 Å². The molecule has 0 aliphatic rings. The van der Waals surface area contributed by atoms with Crippen molar-refractivity contribution in [2.24, 2.45) is 5.92 Å². The minimum absolute atomic E-state index is 0. The molecule has 1 N–H and O–H groups in total. The number of esters is 1. The second-order valence-corrected chi connectivity index (χ2v) is 4.79. The summed E-state index contributed by atoms with van der Waals surface area (Å²) in [5.41, 5.74) is 0.586. The molecule has 0 aliphatic carbocycles. The van der Waals surface area contributed by atoms with Crippen LogP contribution in [0.15, 0.2) is 28.7 Å². The van der Waals surface area contributed by atoms with Crippen molar-refractivity contribution in [2.45, 2.75) is 20.0 Å². The Hall–Kier alpha value is -0.603. The summed E-state index contributed by atoms with van der Waals surface area (Å²) in [6.07, 6.45) is -1.02. The summed E-state index contributed by atoms with van der Waals surface area (Å²) < 4.78 is 5.50. The van der Waals surface area contributed by atoms with Gasteiger partial charge in [-0.05, 0) is 24.6 Å². The predicted octanol–water partition coefficient (Wildman–Crippen LogP) is -0.633. The smallest absolute Gasteiger partial charge is 1.00 e. The van der Waals surface area contributed by atoms with Crippen molar-refractivity contribution in [2.75, 3.05) is 6.61 Å². The van der Waals surface area contributed by atoms with Gasteiger partial charge in [0, 0.05) is 4.47 Å². The van der Waals surface area contributed by atoms with Gasteiger partial charge in [0.15, 0.2) is 0 Å². The molecule has 0 heterocycles. The largest absolute Gasteiger partial charge is 1.00 e. The quantitative estimate of drug-likeness (QED) is 0.445. The van der Waals surface area contributed by atoms with Gasteiger partial charge in [-0.25, -0.2) is 4.79 Å². The van der Waals surface area contributed by atoms with Crippen LogP contribution in [0.3, 0.4) is 0 Å². The summed E-state index contributed by atoms with van der Waals surface area (Å²) >= 11 is 3.28. The molecule has 0 spiro atoms. The van der Waals surface area contributed by atoms with Crippen molar-refractivity contribution >= 4 is 27.7 Å². The number of Topliss-reactive ketones (excluding diaryl/α,β-unsaturated/α-hetero) is 1. The van der Waals surface area contributed by atoms with E-state index in [2.05, 4.69) is 20.7 Å². The molecule has 0 saturated carbocycles. The Morgan fingerprint density at radius 1 is 1.37 bits per heavy atom. The average molecular weight is 323 g/mol. The van der Waals surface area contributed by atoms with Crippen molar-refractivity contribution in [1.82, 2.24) is 0 Å². The van der Waals surface area contributed by atoms with Gasteiger partial charge in [0.2, 0.25) is 5.78 Å². The zero-order chi connectivity index (χ0) is 13.7. The van der Waals surface area contributed by atoms with Crippen LogP contribution in [0.1, 0.15) is 26.9 Å². The standard InChI is InChI=1S/C13H15BrO4.Li.H/c1-3-18-13(17)12(16)8(2)11(15)9-4-6-10(14)7-5-9;;/h4-8,11,15H,3H2,1-2H3;;/q;+1;-1. The van der Waals surface area contributed by atoms with Crippen molar-refractivity contribution in [3.8, 4) is 0 Å². The molecule has 0 aromatic heterocycles. The molecule has 6 heteroatoms. The van der Waals surface area contributed by atoms with Gasteiger partial charge in [-0.15, -0.1) is 0 Å². The van der Waals surface area contributed by atoms with Gasteiger partial charge >= 0.3 is 24.8 Å². The van der Waals surface area contributed by atoms with Gasteiger partial charge in [0.1, 0.15) is 0 Å². The predicted molar refractivity (Wildman–Crippen MR) is 71.0 cm³/mol. The summed E-state index contributed by atoms with van der Waals surface area (Å²) in [5.74, 6) is -2.45. The number of ether oxygens (including phenoxy) is 1. The topological polar surface area (TPSA) is 63.6 Å². The molecule has 0 saturated heterocycles. The Bertz CT molecular complexity index is 439. The minimum atomic E-state index is -1.02. The molecule has 0 radical (unpaired) electrons. The van der Waals surface area contributed by atoms with Crippen LogP contribution in [0, 0.1) is 5.92 Å². The molecule has 19 heavy (non-hydrogen) atoms. The van der Waals surface area contributed by atoms with E-state index in [9.17, 15) is 14.7 Å². The Morgan fingerprint density at radius 3 is 2.37 bits per heavy atom. The van der Waals surface area contributed by atoms with Crippen LogP contribution < -0.4 is 18.9 Å². The third-order valence-corrected chi connectivity index (χ3v) is 3.10. The van der Waals surface area contributed by atoms with Gasteiger partial charge in [-0.2, -0.15) is 0 Å². The second kappa shape index (κ2) is 8.54. The molecule has 100 valence electrons. The van der Waals surface area contributed by atoms with Crippen LogP contribution in [0.2, 0.25) is 0 Å². The first kappa shape index (κ1) is 18.4. The Morgan fingerprint density at radius 2 is 1.89 bits per heavy atom. The number of halogens is 1. The Kier molecular flexibility index (Phi) is 8.27. The van der Waals surface area contributed by atoms with Crippen molar-refractivity contribution in [3.63, 3.8) is 0 Å². The fourth-order valence-corrected chi connectivity index (χ4v) is 1.74. The number of aliphatic hydroxyl groups excluding tert-OH is 1. The molecule has 0 amide bonds. The van der Waals surface area contributed by atoms with Crippen LogP contribution >= 0.6 is 15.9 Å². The first-order valence-corrected chi connectivity index (χ1v) is 6.41. The molecule has 4 nitrogen and oxygen atoms in total. The summed E-state index contributed by atoms with van der Waals surface area (Å²) in [4.78, 5) is 23.0. The van der Waals surface area contributed by atoms with E-state index in [0.717, 1.165) is 4.47 Å². The third kappa shape index (κ3) is 5.11. The number of hydrogen-bond acceptors (Lipinski definition) is 4. The molecular weight excluding hydrogens is 307 g/mol. The van der Waals surface area contributed by atoms with E-state index in [1.54, 1.807) is 31.2 Å². The van der Waals surface area contributed by atoms with E-state index in [4.69, 9.17) is 0 Å². The molecule has 0 aliphatic heterocycles. The number of carbonyl (C=O) groups excluding carboxylic acids is 2. The summed E-state index contributed by atoms with van der Waals surface area (Å²) in [7, 11) is 0. The maximum Gasteiger partial charge on any atom is 1.00 e. The maximum atomic E-state index is 11.7. The first-order valence-electron chi connectivity index (χ1n) is 5.61. The second-order valence-electron chi connectivity index (χ2n) is 3.87. The number of benzene rings is 1. The average Bonchev–Trinajstić information content (AvgIpc) is 2.37. The molecule has 2 unspecified atom stereocenters. The summed E-state index contributed by atoms with van der Waals surface area (Å²) in [6.45, 7) is 3.28. The summed E-state index contributed by atoms with van der Waals surface area (Å²) in [6, 6.07) is 6.92. The number of hydrogen-bond donors (Lipinski definition) is 1. The van der Waals surface area contributed by atoms with Gasteiger partial charge < -0.3 is 11.3 Å². The number of rotatable bonds is 5. The molecule has 2 atom stereocenters. The van der Waals surface area contributed by atoms with Crippen LogP contribution in [0.5, 0.6) is 0 Å². The van der Waals surface area contributed by atoms with E-state index in [0.29, 0.717) is 5.56 Å². The summed E-state index contributed by atoms with van der Waals surface area (Å²) in [5, 5.41) is 10.0. The number of aliphatic hydroxyl groups is 1. The first-order chi connectivity index (χ1) is 8.47. The van der Waals surface area contributed by atoms with Crippen LogP contribution in [-0.2, 0) is 14.3 Å². The molecule has 1 aromatic carbocycles. The van der Waals surface area contributed by atoms with Crippen LogP contribution in [0.25, 0.3) is 0 Å². The van der Waals surface area contributed by atoms with Crippen LogP contribution in [-0.4, -0.2) is 23.5 Å². The normalized spacial score (nSPS) is 13.1. The fraction of sp³-hybridized carbons (Fsp3) is 0.385. The van der Waals surface area contributed by atoms with Gasteiger partial charge in [0.05, 0.1) is 18.6 Å². The van der Waals surface area contributed by atoms with E-state index in [1.165, 1.54) is 6.92 Å². The molecule has 0 bridgehead atoms. The zero-order valence-electron chi connectivity index (χ0n) is 12.2. The Balaban J connectivity index is 0. The fourth-order valence-electron chi connectivity index (χ4n) is 1.48. The van der Waals surface area contributed by atoms with Crippen LogP contribution in [0.4, 0.5) is 0 Å². The number of ketones is 1. The monoisotopic (exact) mass is 322 g/mol. The SMILES string of the molecule is CCOC(=O)C(=O)C(C)C(O)c1ccc(Br)cc1.[H-].[Li+]. The third-order valence-electron chi connectivity index (χ3n) is 2.58. The zero-order valence-corrected chi connectivity index (χ0v) is 12.8. The van der Waals surface area contributed by atoms with E-state index < -0.39 is 23.8 Å². The van der Waals surface area contributed by atoms with E-state index in [-0.39, 0.29) is 26.9 Å². The van der Waals surface area contributed by atoms with E-state index in [1.807, 2.05) is 0 Å². The van der Waals surface area contributed by atoms with Gasteiger partial charge in [0.25, 0.3) is 0 Å². The molecule has 1 rings (SSSR count). The Labute approximate surface area is 134 Å². The number of carbonyl (C=O) groups is 2. The molecular formula is C13H16BrLiO4. The van der Waals surface area contributed by atoms with Crippen molar-refractivity contribution in [3.05, 3.63) is 34.3 Å². The van der Waals surface area contributed by atoms with Gasteiger partial charge in [-0.1, -0.05) is 35.0 Å². The maximum absolute atomic E-state index is 11.7. The minimum Gasteiger partial charge on any atom is -1.00 e. The van der Waals surface area contributed by atoms with Gasteiger partial charge in [-0.3, -0.25) is 4.79 Å². The molecule has 0 fully saturated rings. The van der Waals surface area contributed by atoms with E-state index >= 15 is 0 Å². The van der Waals surface area contributed by atoms with Crippen molar-refractivity contribution in [1.29, 1.82) is 0 Å².